The molecule has 150 valence electrons. The molecule has 1 aliphatic heterocycles. The first kappa shape index (κ1) is 19.6. The fourth-order valence-corrected chi connectivity index (χ4v) is 4.08. The minimum absolute atomic E-state index is 0.228. The molecule has 29 heavy (non-hydrogen) atoms. The number of hydrogen-bond acceptors (Lipinski definition) is 5. The van der Waals surface area contributed by atoms with Gasteiger partial charge in [-0.3, -0.25) is 4.79 Å². The molecular weight excluding hydrogens is 382 g/mol. The summed E-state index contributed by atoms with van der Waals surface area (Å²) in [5.74, 6) is 1.58. The van der Waals surface area contributed by atoms with Crippen LogP contribution in [0.3, 0.4) is 0 Å². The van der Waals surface area contributed by atoms with Gasteiger partial charge >= 0.3 is 0 Å². The summed E-state index contributed by atoms with van der Waals surface area (Å²) in [6.07, 6.45) is 0. The van der Waals surface area contributed by atoms with Crippen LogP contribution >= 0.6 is 11.8 Å². The maximum Gasteiger partial charge on any atom is 0.291 e. The van der Waals surface area contributed by atoms with Crippen LogP contribution in [0.5, 0.6) is 0 Å². The summed E-state index contributed by atoms with van der Waals surface area (Å²) >= 11 is 1.68. The van der Waals surface area contributed by atoms with E-state index in [1.807, 2.05) is 36.4 Å². The van der Waals surface area contributed by atoms with E-state index in [-0.39, 0.29) is 5.91 Å². The predicted molar refractivity (Wildman–Crippen MR) is 119 cm³/mol. The number of anilines is 2. The van der Waals surface area contributed by atoms with Gasteiger partial charge in [0.1, 0.15) is 5.76 Å². The van der Waals surface area contributed by atoms with Crippen molar-refractivity contribution in [2.45, 2.75) is 10.6 Å². The maximum absolute atomic E-state index is 12.5. The first-order valence-electron chi connectivity index (χ1n) is 9.79. The Bertz CT molecular complexity index is 932. The van der Waals surface area contributed by atoms with Crippen LogP contribution in [-0.2, 0) is 5.75 Å². The third kappa shape index (κ3) is 5.22. The Hall–Kier alpha value is -2.70. The zero-order chi connectivity index (χ0) is 20.1. The number of piperazine rings is 1. The van der Waals surface area contributed by atoms with E-state index >= 15 is 0 Å². The highest BCUT2D eigenvalue weighted by Gasteiger charge is 2.15. The molecule has 0 atom stereocenters. The SMILES string of the molecule is CN1CCN(c2ccc(NC(=O)c3ccc(CSc4ccccc4)o3)cc2)CC1. The van der Waals surface area contributed by atoms with Crippen LogP contribution in [0.2, 0.25) is 0 Å². The average molecular weight is 408 g/mol. The van der Waals surface area contributed by atoms with Crippen LogP contribution in [-0.4, -0.2) is 44.0 Å². The van der Waals surface area contributed by atoms with Gasteiger partial charge in [0, 0.05) is 42.4 Å². The molecule has 0 saturated carbocycles. The smallest absolute Gasteiger partial charge is 0.291 e. The van der Waals surface area contributed by atoms with E-state index in [4.69, 9.17) is 4.42 Å². The van der Waals surface area contributed by atoms with Gasteiger partial charge in [-0.15, -0.1) is 11.8 Å². The largest absolute Gasteiger partial charge is 0.455 e. The van der Waals surface area contributed by atoms with E-state index in [0.717, 1.165) is 37.6 Å². The summed E-state index contributed by atoms with van der Waals surface area (Å²) in [5, 5.41) is 2.92. The summed E-state index contributed by atoms with van der Waals surface area (Å²) in [7, 11) is 2.15. The fourth-order valence-electron chi connectivity index (χ4n) is 3.26. The number of hydrogen-bond donors (Lipinski definition) is 1. The number of nitrogens with zero attached hydrogens (tertiary/aromatic N) is 2. The molecule has 3 aromatic rings. The first-order valence-corrected chi connectivity index (χ1v) is 10.8. The van der Waals surface area contributed by atoms with Crippen molar-refractivity contribution in [2.75, 3.05) is 43.4 Å². The van der Waals surface area contributed by atoms with Gasteiger partial charge < -0.3 is 19.5 Å². The molecular formula is C23H25N3O2S. The third-order valence-corrected chi connectivity index (χ3v) is 6.04. The number of nitrogens with one attached hydrogen (secondary N) is 1. The number of thioether (sulfide) groups is 1. The van der Waals surface area contributed by atoms with Crippen molar-refractivity contribution < 1.29 is 9.21 Å². The zero-order valence-corrected chi connectivity index (χ0v) is 17.3. The highest BCUT2D eigenvalue weighted by molar-refractivity contribution is 7.98. The van der Waals surface area contributed by atoms with Crippen molar-refractivity contribution in [1.82, 2.24) is 4.90 Å². The van der Waals surface area contributed by atoms with Crippen molar-refractivity contribution in [3.63, 3.8) is 0 Å². The summed E-state index contributed by atoms with van der Waals surface area (Å²) in [5.41, 5.74) is 1.96. The van der Waals surface area contributed by atoms with E-state index in [1.54, 1.807) is 17.8 Å². The molecule has 1 aromatic heterocycles. The van der Waals surface area contributed by atoms with E-state index in [9.17, 15) is 4.79 Å². The summed E-state index contributed by atoms with van der Waals surface area (Å²) < 4.78 is 5.72. The second kappa shape index (κ2) is 9.20. The lowest BCUT2D eigenvalue weighted by atomic mass is 10.2. The van der Waals surface area contributed by atoms with E-state index in [0.29, 0.717) is 11.5 Å². The Kier molecular flexibility index (Phi) is 6.22. The third-order valence-electron chi connectivity index (χ3n) is 5.00. The van der Waals surface area contributed by atoms with Crippen molar-refractivity contribution in [3.05, 3.63) is 78.3 Å². The van der Waals surface area contributed by atoms with Crippen molar-refractivity contribution in [3.8, 4) is 0 Å². The molecule has 0 spiro atoms. The van der Waals surface area contributed by atoms with E-state index in [2.05, 4.69) is 46.4 Å². The summed E-state index contributed by atoms with van der Waals surface area (Å²) in [6.45, 7) is 4.19. The molecule has 4 rings (SSSR count). The number of rotatable bonds is 6. The van der Waals surface area contributed by atoms with E-state index < -0.39 is 0 Å². The average Bonchev–Trinajstić information content (AvgIpc) is 3.24. The second-order valence-corrected chi connectivity index (χ2v) is 8.21. The maximum atomic E-state index is 12.5. The first-order chi connectivity index (χ1) is 14.2. The minimum atomic E-state index is -0.228. The Morgan fingerprint density at radius 1 is 0.966 bits per heavy atom. The van der Waals surface area contributed by atoms with Gasteiger partial charge in [0.05, 0.1) is 5.75 Å². The second-order valence-electron chi connectivity index (χ2n) is 7.16. The minimum Gasteiger partial charge on any atom is -0.455 e. The van der Waals surface area contributed by atoms with Gasteiger partial charge in [0.2, 0.25) is 0 Å². The Balaban J connectivity index is 1.31. The van der Waals surface area contributed by atoms with E-state index in [1.165, 1.54) is 10.6 Å². The highest BCUT2D eigenvalue weighted by Crippen LogP contribution is 2.24. The molecule has 0 aliphatic carbocycles. The molecule has 1 N–H and O–H groups in total. The lowest BCUT2D eigenvalue weighted by Gasteiger charge is -2.34. The lowest BCUT2D eigenvalue weighted by Crippen LogP contribution is -2.44. The molecule has 2 heterocycles. The van der Waals surface area contributed by atoms with Gasteiger partial charge in [-0.1, -0.05) is 18.2 Å². The Morgan fingerprint density at radius 3 is 2.41 bits per heavy atom. The quantitative estimate of drug-likeness (QED) is 0.606. The standard InChI is InChI=1S/C23H25N3O2S/c1-25-13-15-26(16-14-25)19-9-7-18(8-10-19)24-23(27)22-12-11-20(28-22)17-29-21-5-3-2-4-6-21/h2-12H,13-17H2,1H3,(H,24,27). The topological polar surface area (TPSA) is 48.7 Å². The van der Waals surface area contributed by atoms with Crippen LogP contribution in [0.15, 0.2) is 76.0 Å². The van der Waals surface area contributed by atoms with Crippen LogP contribution in [0.25, 0.3) is 0 Å². The van der Waals surface area contributed by atoms with Gasteiger partial charge in [-0.25, -0.2) is 0 Å². The lowest BCUT2D eigenvalue weighted by molar-refractivity contribution is 0.0995. The Morgan fingerprint density at radius 2 is 1.69 bits per heavy atom. The van der Waals surface area contributed by atoms with Gasteiger partial charge in [0.25, 0.3) is 5.91 Å². The summed E-state index contributed by atoms with van der Waals surface area (Å²) in [6, 6.07) is 21.8. The number of carbonyl (C=O) groups excluding carboxylic acids is 1. The molecule has 1 saturated heterocycles. The molecule has 5 nitrogen and oxygen atoms in total. The number of likely N-dealkylation sites (N-methyl/N-ethyl adjacent to an activating group) is 1. The van der Waals surface area contributed by atoms with Crippen LogP contribution in [0.1, 0.15) is 16.3 Å². The highest BCUT2D eigenvalue weighted by atomic mass is 32.2. The van der Waals surface area contributed by atoms with Gasteiger partial charge in [-0.2, -0.15) is 0 Å². The number of benzene rings is 2. The van der Waals surface area contributed by atoms with Crippen LogP contribution < -0.4 is 10.2 Å². The monoisotopic (exact) mass is 407 g/mol. The molecule has 0 unspecified atom stereocenters. The van der Waals surface area contributed by atoms with Crippen molar-refractivity contribution in [2.24, 2.45) is 0 Å². The summed E-state index contributed by atoms with van der Waals surface area (Å²) in [4.78, 5) is 18.4. The molecule has 0 bridgehead atoms. The molecule has 1 amide bonds. The molecule has 6 heteroatoms. The zero-order valence-electron chi connectivity index (χ0n) is 16.5. The van der Waals surface area contributed by atoms with Crippen molar-refractivity contribution >= 4 is 29.0 Å². The number of furan rings is 1. The Labute approximate surface area is 175 Å². The van der Waals surface area contributed by atoms with Crippen LogP contribution in [0, 0.1) is 0 Å². The predicted octanol–water partition coefficient (Wildman–Crippen LogP) is 4.58. The molecule has 1 aliphatic rings. The molecule has 2 aromatic carbocycles. The number of carbonyl (C=O) groups is 1. The molecule has 0 radical (unpaired) electrons. The fraction of sp³-hybridized carbons (Fsp3) is 0.261. The van der Waals surface area contributed by atoms with Gasteiger partial charge in [-0.05, 0) is 55.6 Å². The van der Waals surface area contributed by atoms with Crippen molar-refractivity contribution in [1.29, 1.82) is 0 Å². The van der Waals surface area contributed by atoms with Gasteiger partial charge in [0.15, 0.2) is 5.76 Å². The normalized spacial score (nSPS) is 14.7. The molecule has 1 fully saturated rings. The number of amides is 1. The van der Waals surface area contributed by atoms with Crippen LogP contribution in [0.4, 0.5) is 11.4 Å².